The maximum absolute atomic E-state index is 12.5. The summed E-state index contributed by atoms with van der Waals surface area (Å²) < 4.78 is 0. The third-order valence-electron chi connectivity index (χ3n) is 4.22. The molecule has 2 N–H and O–H groups in total. The Labute approximate surface area is 137 Å². The van der Waals surface area contributed by atoms with Gasteiger partial charge in [0.1, 0.15) is 6.04 Å². The fraction of sp³-hybridized carbons (Fsp3) is 0.529. The molecule has 6 heteroatoms. The first-order valence-corrected chi connectivity index (χ1v) is 8.02. The second-order valence-corrected chi connectivity index (χ2v) is 5.93. The van der Waals surface area contributed by atoms with E-state index in [9.17, 15) is 9.59 Å². The van der Waals surface area contributed by atoms with Gasteiger partial charge in [-0.15, -0.1) is 0 Å². The van der Waals surface area contributed by atoms with E-state index in [1.54, 1.807) is 11.9 Å². The van der Waals surface area contributed by atoms with Gasteiger partial charge < -0.3 is 20.4 Å². The fourth-order valence-electron chi connectivity index (χ4n) is 2.81. The van der Waals surface area contributed by atoms with Gasteiger partial charge >= 0.3 is 0 Å². The van der Waals surface area contributed by atoms with E-state index < -0.39 is 6.04 Å². The molecule has 2 amide bonds. The van der Waals surface area contributed by atoms with Gasteiger partial charge in [0.2, 0.25) is 11.8 Å². The molecule has 2 rings (SSSR count). The number of nitrogens with zero attached hydrogens (tertiary/aromatic N) is 2. The van der Waals surface area contributed by atoms with Gasteiger partial charge in [0, 0.05) is 52.4 Å². The number of aryl methyl sites for hydroxylation is 1. The second kappa shape index (κ2) is 7.97. The lowest BCUT2D eigenvalue weighted by Gasteiger charge is -2.35. The van der Waals surface area contributed by atoms with E-state index in [1.165, 1.54) is 5.56 Å². The SMILES string of the molecule is CNC(=O)C1CNCCN1C(=O)CCN(C)c1cccc(C)c1. The van der Waals surface area contributed by atoms with Crippen LogP contribution in [0.3, 0.4) is 0 Å². The van der Waals surface area contributed by atoms with Crippen LogP contribution >= 0.6 is 0 Å². The molecule has 0 aromatic heterocycles. The summed E-state index contributed by atoms with van der Waals surface area (Å²) in [5.74, 6) is -0.0859. The number of rotatable bonds is 5. The van der Waals surface area contributed by atoms with E-state index in [-0.39, 0.29) is 11.8 Å². The monoisotopic (exact) mass is 318 g/mol. The highest BCUT2D eigenvalue weighted by atomic mass is 16.2. The topological polar surface area (TPSA) is 64.7 Å². The lowest BCUT2D eigenvalue weighted by atomic mass is 10.1. The molecule has 1 aliphatic heterocycles. The van der Waals surface area contributed by atoms with Crippen LogP contribution in [0.4, 0.5) is 5.69 Å². The van der Waals surface area contributed by atoms with Crippen molar-refractivity contribution in [3.63, 3.8) is 0 Å². The third kappa shape index (κ3) is 4.45. The molecule has 1 atom stereocenters. The average Bonchev–Trinajstić information content (AvgIpc) is 2.58. The molecule has 0 spiro atoms. The van der Waals surface area contributed by atoms with Crippen molar-refractivity contribution < 1.29 is 9.59 Å². The van der Waals surface area contributed by atoms with Crippen LogP contribution in [0.25, 0.3) is 0 Å². The van der Waals surface area contributed by atoms with Crippen LogP contribution in [0.2, 0.25) is 0 Å². The van der Waals surface area contributed by atoms with Gasteiger partial charge in [-0.25, -0.2) is 0 Å². The molecule has 0 bridgehead atoms. The Kier molecular flexibility index (Phi) is 5.98. The maximum Gasteiger partial charge on any atom is 0.243 e. The Morgan fingerprint density at radius 3 is 2.91 bits per heavy atom. The number of carbonyl (C=O) groups is 2. The summed E-state index contributed by atoms with van der Waals surface area (Å²) in [6.45, 7) is 4.50. The average molecular weight is 318 g/mol. The van der Waals surface area contributed by atoms with E-state index in [0.29, 0.717) is 26.1 Å². The van der Waals surface area contributed by atoms with Crippen LogP contribution in [-0.2, 0) is 9.59 Å². The van der Waals surface area contributed by atoms with Crippen LogP contribution in [0.1, 0.15) is 12.0 Å². The van der Waals surface area contributed by atoms with Gasteiger partial charge in [-0.3, -0.25) is 9.59 Å². The number of hydrogen-bond donors (Lipinski definition) is 2. The first-order chi connectivity index (χ1) is 11.0. The van der Waals surface area contributed by atoms with Crippen molar-refractivity contribution in [2.75, 3.05) is 45.2 Å². The van der Waals surface area contributed by atoms with Crippen LogP contribution in [-0.4, -0.2) is 63.0 Å². The van der Waals surface area contributed by atoms with Crippen molar-refractivity contribution in [2.24, 2.45) is 0 Å². The largest absolute Gasteiger partial charge is 0.374 e. The normalized spacial score (nSPS) is 17.7. The first-order valence-electron chi connectivity index (χ1n) is 8.02. The smallest absolute Gasteiger partial charge is 0.243 e. The molecule has 6 nitrogen and oxygen atoms in total. The summed E-state index contributed by atoms with van der Waals surface area (Å²) in [4.78, 5) is 28.2. The Morgan fingerprint density at radius 2 is 2.22 bits per heavy atom. The number of carbonyl (C=O) groups excluding carboxylic acids is 2. The van der Waals surface area contributed by atoms with Gasteiger partial charge in [0.25, 0.3) is 0 Å². The van der Waals surface area contributed by atoms with Crippen LogP contribution in [0.5, 0.6) is 0 Å². The standard InChI is InChI=1S/C17H26N4O2/c1-13-5-4-6-14(11-13)20(3)9-7-16(22)21-10-8-19-12-15(21)17(23)18-2/h4-6,11,15,19H,7-10,12H2,1-3H3,(H,18,23). The Bertz CT molecular complexity index is 561. The van der Waals surface area contributed by atoms with Crippen molar-refractivity contribution in [1.29, 1.82) is 0 Å². The number of nitrogens with one attached hydrogen (secondary N) is 2. The van der Waals surface area contributed by atoms with Crippen molar-refractivity contribution in [3.8, 4) is 0 Å². The first kappa shape index (κ1) is 17.3. The molecule has 23 heavy (non-hydrogen) atoms. The summed E-state index contributed by atoms with van der Waals surface area (Å²) in [5.41, 5.74) is 2.29. The number of anilines is 1. The van der Waals surface area contributed by atoms with E-state index >= 15 is 0 Å². The molecule has 1 saturated heterocycles. The molecule has 1 fully saturated rings. The number of amides is 2. The molecule has 0 radical (unpaired) electrons. The zero-order valence-corrected chi connectivity index (χ0v) is 14.1. The quantitative estimate of drug-likeness (QED) is 0.823. The van der Waals surface area contributed by atoms with Crippen LogP contribution in [0.15, 0.2) is 24.3 Å². The Balaban J connectivity index is 1.93. The molecule has 1 heterocycles. The summed E-state index contributed by atoms with van der Waals surface area (Å²) in [6.07, 6.45) is 0.401. The van der Waals surface area contributed by atoms with Crippen LogP contribution < -0.4 is 15.5 Å². The van der Waals surface area contributed by atoms with Crippen molar-refractivity contribution in [3.05, 3.63) is 29.8 Å². The zero-order valence-electron chi connectivity index (χ0n) is 14.1. The Morgan fingerprint density at radius 1 is 1.43 bits per heavy atom. The highest BCUT2D eigenvalue weighted by molar-refractivity contribution is 5.88. The van der Waals surface area contributed by atoms with E-state index in [2.05, 4.69) is 34.6 Å². The molecule has 0 saturated carbocycles. The molecular formula is C17H26N4O2. The second-order valence-electron chi connectivity index (χ2n) is 5.93. The van der Waals surface area contributed by atoms with Crippen molar-refractivity contribution in [2.45, 2.75) is 19.4 Å². The van der Waals surface area contributed by atoms with Crippen molar-refractivity contribution in [1.82, 2.24) is 15.5 Å². The third-order valence-corrected chi connectivity index (χ3v) is 4.22. The Hall–Kier alpha value is -2.08. The van der Waals surface area contributed by atoms with Crippen molar-refractivity contribution >= 4 is 17.5 Å². The number of piperazine rings is 1. The molecular weight excluding hydrogens is 292 g/mol. The minimum atomic E-state index is -0.412. The highest BCUT2D eigenvalue weighted by Gasteiger charge is 2.31. The van der Waals surface area contributed by atoms with E-state index in [4.69, 9.17) is 0 Å². The maximum atomic E-state index is 12.5. The molecule has 1 unspecified atom stereocenters. The number of benzene rings is 1. The summed E-state index contributed by atoms with van der Waals surface area (Å²) in [5, 5.41) is 5.80. The minimum absolute atomic E-state index is 0.0274. The summed E-state index contributed by atoms with van der Waals surface area (Å²) in [6, 6.07) is 7.79. The lowest BCUT2D eigenvalue weighted by Crippen LogP contribution is -2.59. The number of hydrogen-bond acceptors (Lipinski definition) is 4. The van der Waals surface area contributed by atoms with Gasteiger partial charge in [0.05, 0.1) is 0 Å². The molecule has 0 aliphatic carbocycles. The van der Waals surface area contributed by atoms with E-state index in [1.807, 2.05) is 19.2 Å². The molecule has 1 aromatic rings. The predicted molar refractivity (Wildman–Crippen MR) is 91.5 cm³/mol. The summed E-state index contributed by atoms with van der Waals surface area (Å²) >= 11 is 0. The van der Waals surface area contributed by atoms with Gasteiger partial charge in [-0.1, -0.05) is 12.1 Å². The zero-order chi connectivity index (χ0) is 16.8. The summed E-state index contributed by atoms with van der Waals surface area (Å²) in [7, 11) is 3.58. The van der Waals surface area contributed by atoms with Gasteiger partial charge in [0.15, 0.2) is 0 Å². The number of likely N-dealkylation sites (N-methyl/N-ethyl adjacent to an activating group) is 1. The minimum Gasteiger partial charge on any atom is -0.374 e. The predicted octanol–water partition coefficient (Wildman–Crippen LogP) is 0.368. The molecule has 1 aromatic carbocycles. The van der Waals surface area contributed by atoms with Gasteiger partial charge in [-0.05, 0) is 24.6 Å². The molecule has 1 aliphatic rings. The molecule has 126 valence electrons. The fourth-order valence-corrected chi connectivity index (χ4v) is 2.81. The van der Waals surface area contributed by atoms with Gasteiger partial charge in [-0.2, -0.15) is 0 Å². The van der Waals surface area contributed by atoms with E-state index in [0.717, 1.165) is 12.2 Å². The van der Waals surface area contributed by atoms with Crippen LogP contribution in [0, 0.1) is 6.92 Å². The lowest BCUT2D eigenvalue weighted by molar-refractivity contribution is -0.141. The highest BCUT2D eigenvalue weighted by Crippen LogP contribution is 2.15.